The first kappa shape index (κ1) is 9.01. The summed E-state index contributed by atoms with van der Waals surface area (Å²) >= 11 is 0. The molecule has 66 valence electrons. The van der Waals surface area contributed by atoms with E-state index in [1.165, 1.54) is 6.42 Å². The van der Waals surface area contributed by atoms with E-state index >= 15 is 0 Å². The van der Waals surface area contributed by atoms with Gasteiger partial charge in [0.05, 0.1) is 0 Å². The van der Waals surface area contributed by atoms with Gasteiger partial charge in [-0.1, -0.05) is 13.8 Å². The Hall–Kier alpha value is -0.0800. The standard InChI is InChI=1S/C9H20N2/c1-7(2)11-8-5-9(3,4)10-6-8/h7-8,10-11H,5-6H2,1-4H3. The van der Waals surface area contributed by atoms with Gasteiger partial charge in [-0.3, -0.25) is 0 Å². The molecule has 0 aromatic carbocycles. The molecule has 1 saturated heterocycles. The smallest absolute Gasteiger partial charge is 0.0212 e. The van der Waals surface area contributed by atoms with E-state index in [9.17, 15) is 0 Å². The van der Waals surface area contributed by atoms with Gasteiger partial charge in [0.15, 0.2) is 0 Å². The second-order valence-electron chi connectivity index (χ2n) is 4.49. The van der Waals surface area contributed by atoms with Gasteiger partial charge in [-0.15, -0.1) is 0 Å². The lowest BCUT2D eigenvalue weighted by molar-refractivity contribution is 0.430. The summed E-state index contributed by atoms with van der Waals surface area (Å²) in [5.41, 5.74) is 0.340. The van der Waals surface area contributed by atoms with Crippen molar-refractivity contribution in [1.29, 1.82) is 0 Å². The molecule has 1 atom stereocenters. The van der Waals surface area contributed by atoms with E-state index in [2.05, 4.69) is 38.3 Å². The molecule has 0 spiro atoms. The average molecular weight is 156 g/mol. The molecule has 2 N–H and O–H groups in total. The minimum Gasteiger partial charge on any atom is -0.310 e. The molecule has 1 rings (SSSR count). The molecule has 1 heterocycles. The first-order valence-corrected chi connectivity index (χ1v) is 4.51. The van der Waals surface area contributed by atoms with Gasteiger partial charge in [0, 0.05) is 24.2 Å². The summed E-state index contributed by atoms with van der Waals surface area (Å²) in [6.07, 6.45) is 1.24. The monoisotopic (exact) mass is 156 g/mol. The summed E-state index contributed by atoms with van der Waals surface area (Å²) in [6.45, 7) is 10.0. The predicted octanol–water partition coefficient (Wildman–Crippen LogP) is 1.12. The lowest BCUT2D eigenvalue weighted by atomic mass is 10.0. The van der Waals surface area contributed by atoms with E-state index in [1.807, 2.05) is 0 Å². The van der Waals surface area contributed by atoms with E-state index in [1.54, 1.807) is 0 Å². The van der Waals surface area contributed by atoms with Gasteiger partial charge in [-0.05, 0) is 20.3 Å². The molecule has 0 aromatic heterocycles. The molecule has 0 aliphatic carbocycles. The van der Waals surface area contributed by atoms with E-state index in [-0.39, 0.29) is 0 Å². The first-order chi connectivity index (χ1) is 4.99. The zero-order valence-corrected chi connectivity index (χ0v) is 8.07. The summed E-state index contributed by atoms with van der Waals surface area (Å²) in [4.78, 5) is 0. The van der Waals surface area contributed by atoms with Crippen LogP contribution in [0, 0.1) is 0 Å². The third kappa shape index (κ3) is 2.80. The fourth-order valence-electron chi connectivity index (χ4n) is 1.75. The Morgan fingerprint density at radius 2 is 2.09 bits per heavy atom. The lowest BCUT2D eigenvalue weighted by Gasteiger charge is -2.18. The van der Waals surface area contributed by atoms with Crippen molar-refractivity contribution in [1.82, 2.24) is 10.6 Å². The fourth-order valence-corrected chi connectivity index (χ4v) is 1.75. The summed E-state index contributed by atoms with van der Waals surface area (Å²) in [5, 5.41) is 7.02. The molecule has 0 amide bonds. The molecule has 0 saturated carbocycles. The normalized spacial score (nSPS) is 29.7. The van der Waals surface area contributed by atoms with Gasteiger partial charge in [-0.25, -0.2) is 0 Å². The molecule has 1 unspecified atom stereocenters. The minimum atomic E-state index is 0.340. The minimum absolute atomic E-state index is 0.340. The van der Waals surface area contributed by atoms with Crippen molar-refractivity contribution in [2.24, 2.45) is 0 Å². The van der Waals surface area contributed by atoms with Crippen LogP contribution < -0.4 is 10.6 Å². The van der Waals surface area contributed by atoms with Crippen LogP contribution in [0.5, 0.6) is 0 Å². The lowest BCUT2D eigenvalue weighted by Crippen LogP contribution is -2.35. The molecule has 11 heavy (non-hydrogen) atoms. The van der Waals surface area contributed by atoms with Crippen LogP contribution in [0.1, 0.15) is 34.1 Å². The maximum atomic E-state index is 3.53. The fraction of sp³-hybridized carbons (Fsp3) is 1.00. The van der Waals surface area contributed by atoms with Gasteiger partial charge in [0.25, 0.3) is 0 Å². The third-order valence-electron chi connectivity index (χ3n) is 2.15. The summed E-state index contributed by atoms with van der Waals surface area (Å²) in [6, 6.07) is 1.28. The van der Waals surface area contributed by atoms with E-state index in [0.717, 1.165) is 6.54 Å². The molecule has 2 nitrogen and oxygen atoms in total. The van der Waals surface area contributed by atoms with Crippen LogP contribution in [0.4, 0.5) is 0 Å². The molecule has 2 heteroatoms. The zero-order valence-electron chi connectivity index (χ0n) is 8.07. The van der Waals surface area contributed by atoms with Gasteiger partial charge in [-0.2, -0.15) is 0 Å². The van der Waals surface area contributed by atoms with Crippen LogP contribution in [0.15, 0.2) is 0 Å². The van der Waals surface area contributed by atoms with Crippen molar-refractivity contribution in [3.63, 3.8) is 0 Å². The zero-order chi connectivity index (χ0) is 8.48. The molecular formula is C9H20N2. The van der Waals surface area contributed by atoms with Crippen molar-refractivity contribution in [3.05, 3.63) is 0 Å². The Bertz CT molecular complexity index is 130. The molecule has 0 radical (unpaired) electrons. The Labute approximate surface area is 69.8 Å². The van der Waals surface area contributed by atoms with Crippen molar-refractivity contribution in [2.45, 2.75) is 51.7 Å². The second kappa shape index (κ2) is 3.11. The van der Waals surface area contributed by atoms with Crippen molar-refractivity contribution >= 4 is 0 Å². The van der Waals surface area contributed by atoms with E-state index < -0.39 is 0 Å². The Morgan fingerprint density at radius 3 is 2.45 bits per heavy atom. The maximum Gasteiger partial charge on any atom is 0.0212 e. The van der Waals surface area contributed by atoms with E-state index in [0.29, 0.717) is 17.6 Å². The second-order valence-corrected chi connectivity index (χ2v) is 4.49. The molecular weight excluding hydrogens is 136 g/mol. The highest BCUT2D eigenvalue weighted by molar-refractivity contribution is 4.93. The summed E-state index contributed by atoms with van der Waals surface area (Å²) < 4.78 is 0. The van der Waals surface area contributed by atoms with Crippen LogP contribution in [-0.4, -0.2) is 24.2 Å². The molecule has 0 aromatic rings. The number of rotatable bonds is 2. The van der Waals surface area contributed by atoms with Gasteiger partial charge >= 0.3 is 0 Å². The topological polar surface area (TPSA) is 24.1 Å². The van der Waals surface area contributed by atoms with Crippen molar-refractivity contribution < 1.29 is 0 Å². The van der Waals surface area contributed by atoms with Crippen LogP contribution in [-0.2, 0) is 0 Å². The quantitative estimate of drug-likeness (QED) is 0.626. The average Bonchev–Trinajstić information content (AvgIpc) is 2.08. The largest absolute Gasteiger partial charge is 0.310 e. The Morgan fingerprint density at radius 1 is 1.45 bits per heavy atom. The van der Waals surface area contributed by atoms with Crippen LogP contribution >= 0.6 is 0 Å². The van der Waals surface area contributed by atoms with Crippen molar-refractivity contribution in [2.75, 3.05) is 6.54 Å². The highest BCUT2D eigenvalue weighted by atomic mass is 15.1. The highest BCUT2D eigenvalue weighted by Gasteiger charge is 2.29. The molecule has 1 fully saturated rings. The third-order valence-corrected chi connectivity index (χ3v) is 2.15. The maximum absolute atomic E-state index is 3.53. The Kier molecular flexibility index (Phi) is 2.55. The van der Waals surface area contributed by atoms with Gasteiger partial charge < -0.3 is 10.6 Å². The number of hydrogen-bond acceptors (Lipinski definition) is 2. The number of nitrogens with one attached hydrogen (secondary N) is 2. The Balaban J connectivity index is 2.31. The van der Waals surface area contributed by atoms with Gasteiger partial charge in [0.2, 0.25) is 0 Å². The first-order valence-electron chi connectivity index (χ1n) is 4.51. The van der Waals surface area contributed by atoms with Crippen molar-refractivity contribution in [3.8, 4) is 0 Å². The summed E-state index contributed by atoms with van der Waals surface area (Å²) in [7, 11) is 0. The van der Waals surface area contributed by atoms with E-state index in [4.69, 9.17) is 0 Å². The number of hydrogen-bond donors (Lipinski definition) is 2. The van der Waals surface area contributed by atoms with Gasteiger partial charge in [0.1, 0.15) is 0 Å². The highest BCUT2D eigenvalue weighted by Crippen LogP contribution is 2.17. The SMILES string of the molecule is CC(C)NC1CNC(C)(C)C1. The molecule has 0 bridgehead atoms. The van der Waals surface area contributed by atoms with Crippen LogP contribution in [0.25, 0.3) is 0 Å². The van der Waals surface area contributed by atoms with Crippen LogP contribution in [0.3, 0.4) is 0 Å². The molecule has 1 aliphatic heterocycles. The van der Waals surface area contributed by atoms with Crippen LogP contribution in [0.2, 0.25) is 0 Å². The predicted molar refractivity (Wildman–Crippen MR) is 48.8 cm³/mol. The molecule has 1 aliphatic rings. The summed E-state index contributed by atoms with van der Waals surface area (Å²) in [5.74, 6) is 0.